The van der Waals surface area contributed by atoms with E-state index in [-0.39, 0.29) is 22.1 Å². The van der Waals surface area contributed by atoms with Crippen LogP contribution < -0.4 is 5.32 Å². The van der Waals surface area contributed by atoms with Crippen LogP contribution >= 0.6 is 27.5 Å². The molecule has 0 aliphatic carbocycles. The smallest absolute Gasteiger partial charge is 0.277 e. The monoisotopic (exact) mass is 372 g/mol. The summed E-state index contributed by atoms with van der Waals surface area (Å²) in [5, 5.41) is 17.6. The van der Waals surface area contributed by atoms with Crippen LogP contribution in [0.4, 0.5) is 11.4 Å². The Morgan fingerprint density at radius 3 is 2.71 bits per heavy atom. The summed E-state index contributed by atoms with van der Waals surface area (Å²) >= 11 is 9.22. The molecule has 9 heteroatoms. The molecule has 1 heterocycles. The van der Waals surface area contributed by atoms with Gasteiger partial charge in [-0.1, -0.05) is 11.6 Å². The highest BCUT2D eigenvalue weighted by atomic mass is 79.9. The van der Waals surface area contributed by atoms with Gasteiger partial charge in [-0.2, -0.15) is 5.10 Å². The fraction of sp³-hybridized carbons (Fsp3) is 0.167. The van der Waals surface area contributed by atoms with Gasteiger partial charge in [-0.3, -0.25) is 19.6 Å². The summed E-state index contributed by atoms with van der Waals surface area (Å²) in [7, 11) is 1.71. The van der Waals surface area contributed by atoms with Crippen LogP contribution in [-0.4, -0.2) is 20.6 Å². The van der Waals surface area contributed by atoms with Crippen LogP contribution in [0, 0.1) is 17.0 Å². The summed E-state index contributed by atoms with van der Waals surface area (Å²) in [5.74, 6) is -0.507. The summed E-state index contributed by atoms with van der Waals surface area (Å²) < 4.78 is 2.11. The van der Waals surface area contributed by atoms with E-state index < -0.39 is 10.8 Å². The summed E-state index contributed by atoms with van der Waals surface area (Å²) in [5.41, 5.74) is 0.958. The minimum atomic E-state index is -0.563. The zero-order valence-corrected chi connectivity index (χ0v) is 13.4. The Balaban J connectivity index is 2.33. The maximum absolute atomic E-state index is 12.2. The number of hydrogen-bond acceptors (Lipinski definition) is 4. The van der Waals surface area contributed by atoms with E-state index in [0.717, 1.165) is 5.69 Å². The lowest BCUT2D eigenvalue weighted by atomic mass is 10.2. The highest BCUT2D eigenvalue weighted by Gasteiger charge is 2.19. The molecule has 1 N–H and O–H groups in total. The van der Waals surface area contributed by atoms with Crippen molar-refractivity contribution in [1.82, 2.24) is 9.78 Å². The van der Waals surface area contributed by atoms with Crippen LogP contribution in [0.3, 0.4) is 0 Å². The van der Waals surface area contributed by atoms with E-state index in [0.29, 0.717) is 4.47 Å². The summed E-state index contributed by atoms with van der Waals surface area (Å²) in [6.45, 7) is 1.80. The number of halogens is 2. The number of nitrogens with zero attached hydrogens (tertiary/aromatic N) is 3. The second-order valence-electron chi connectivity index (χ2n) is 4.25. The molecule has 2 rings (SSSR count). The van der Waals surface area contributed by atoms with Gasteiger partial charge in [0.1, 0.15) is 0 Å². The molecule has 110 valence electrons. The Labute approximate surface area is 133 Å². The average molecular weight is 374 g/mol. The number of anilines is 1. The minimum absolute atomic E-state index is 0.158. The molecule has 1 aromatic carbocycles. The average Bonchev–Trinajstić information content (AvgIpc) is 2.68. The van der Waals surface area contributed by atoms with Crippen molar-refractivity contribution in [2.75, 3.05) is 5.32 Å². The second kappa shape index (κ2) is 5.82. The molecule has 7 nitrogen and oxygen atoms in total. The Hall–Kier alpha value is -1.93. The maximum atomic E-state index is 12.2. The number of carbonyl (C=O) groups is 1. The quantitative estimate of drug-likeness (QED) is 0.660. The molecule has 0 aliphatic rings. The lowest BCUT2D eigenvalue weighted by Crippen LogP contribution is -2.14. The number of amides is 1. The van der Waals surface area contributed by atoms with Gasteiger partial charge in [0.15, 0.2) is 5.69 Å². The highest BCUT2D eigenvalue weighted by Crippen LogP contribution is 2.28. The van der Waals surface area contributed by atoms with E-state index in [1.165, 1.54) is 18.2 Å². The second-order valence-corrected chi connectivity index (χ2v) is 5.45. The molecule has 0 saturated carbocycles. The van der Waals surface area contributed by atoms with Crippen molar-refractivity contribution in [3.63, 3.8) is 0 Å². The normalized spacial score (nSPS) is 10.5. The summed E-state index contributed by atoms with van der Waals surface area (Å²) in [6.07, 6.45) is 0. The van der Waals surface area contributed by atoms with E-state index in [1.807, 2.05) is 0 Å². The van der Waals surface area contributed by atoms with Crippen molar-refractivity contribution in [1.29, 1.82) is 0 Å². The summed E-state index contributed by atoms with van der Waals surface area (Å²) in [6, 6.07) is 3.82. The molecule has 0 unspecified atom stereocenters. The van der Waals surface area contributed by atoms with Gasteiger partial charge in [0.25, 0.3) is 11.6 Å². The predicted molar refractivity (Wildman–Crippen MR) is 81.7 cm³/mol. The molecular weight excluding hydrogens is 364 g/mol. The number of nitrogens with one attached hydrogen (secondary N) is 1. The third-order valence-electron chi connectivity index (χ3n) is 2.89. The lowest BCUT2D eigenvalue weighted by molar-refractivity contribution is -0.384. The van der Waals surface area contributed by atoms with Crippen LogP contribution in [0.25, 0.3) is 0 Å². The topological polar surface area (TPSA) is 90.1 Å². The Bertz CT molecular complexity index is 744. The van der Waals surface area contributed by atoms with Gasteiger partial charge >= 0.3 is 0 Å². The van der Waals surface area contributed by atoms with Crippen LogP contribution in [0.2, 0.25) is 5.02 Å². The molecule has 2 aromatic rings. The first kappa shape index (κ1) is 15.5. The maximum Gasteiger partial charge on any atom is 0.277 e. The Morgan fingerprint density at radius 2 is 2.19 bits per heavy atom. The van der Waals surface area contributed by atoms with Gasteiger partial charge in [0.05, 0.1) is 25.8 Å². The fourth-order valence-corrected chi connectivity index (χ4v) is 2.31. The van der Waals surface area contributed by atoms with E-state index in [1.54, 1.807) is 18.7 Å². The van der Waals surface area contributed by atoms with E-state index in [9.17, 15) is 14.9 Å². The standard InChI is InChI=1S/C12H10BrClN4O3/c1-6-10(13)11(16-17(6)2)12(19)15-9-5-7(18(20)21)3-4-8(9)14/h3-5H,1-2H3,(H,15,19). The zero-order valence-electron chi connectivity index (χ0n) is 11.1. The summed E-state index contributed by atoms with van der Waals surface area (Å²) in [4.78, 5) is 22.4. The number of nitro groups is 1. The van der Waals surface area contributed by atoms with Gasteiger partial charge in [-0.05, 0) is 28.9 Å². The Kier molecular flexibility index (Phi) is 4.29. The molecule has 0 saturated heterocycles. The van der Waals surface area contributed by atoms with Crippen molar-refractivity contribution in [3.05, 3.63) is 49.2 Å². The van der Waals surface area contributed by atoms with Gasteiger partial charge in [0, 0.05) is 19.2 Å². The Morgan fingerprint density at radius 1 is 1.52 bits per heavy atom. The number of rotatable bonds is 3. The molecule has 21 heavy (non-hydrogen) atoms. The largest absolute Gasteiger partial charge is 0.319 e. The number of nitro benzene ring substituents is 1. The number of carbonyl (C=O) groups excluding carboxylic acids is 1. The van der Waals surface area contributed by atoms with Crippen molar-refractivity contribution < 1.29 is 9.72 Å². The number of aromatic nitrogens is 2. The SMILES string of the molecule is Cc1c(Br)c(C(=O)Nc2cc([N+](=O)[O-])ccc2Cl)nn1C. The molecular formula is C12H10BrClN4O3. The first-order chi connectivity index (χ1) is 9.81. The van der Waals surface area contributed by atoms with Crippen molar-refractivity contribution >= 4 is 44.8 Å². The van der Waals surface area contributed by atoms with Crippen molar-refractivity contribution in [2.24, 2.45) is 7.05 Å². The minimum Gasteiger partial charge on any atom is -0.319 e. The van der Waals surface area contributed by atoms with Crippen molar-refractivity contribution in [3.8, 4) is 0 Å². The number of aryl methyl sites for hydroxylation is 1. The van der Waals surface area contributed by atoms with E-state index in [4.69, 9.17) is 11.6 Å². The van der Waals surface area contributed by atoms with Gasteiger partial charge < -0.3 is 5.32 Å². The third kappa shape index (κ3) is 3.06. The number of hydrogen-bond donors (Lipinski definition) is 1. The molecule has 0 fully saturated rings. The van der Waals surface area contributed by atoms with E-state index in [2.05, 4.69) is 26.3 Å². The van der Waals surface area contributed by atoms with Crippen LogP contribution in [-0.2, 0) is 7.05 Å². The predicted octanol–water partition coefficient (Wildman–Crippen LogP) is 3.30. The van der Waals surface area contributed by atoms with Crippen LogP contribution in [0.15, 0.2) is 22.7 Å². The molecule has 0 atom stereocenters. The van der Waals surface area contributed by atoms with Crippen molar-refractivity contribution in [2.45, 2.75) is 6.92 Å². The molecule has 0 bridgehead atoms. The molecule has 0 radical (unpaired) electrons. The van der Waals surface area contributed by atoms with Gasteiger partial charge in [-0.25, -0.2) is 0 Å². The third-order valence-corrected chi connectivity index (χ3v) is 4.16. The molecule has 0 aliphatic heterocycles. The molecule has 0 spiro atoms. The highest BCUT2D eigenvalue weighted by molar-refractivity contribution is 9.10. The number of benzene rings is 1. The first-order valence-electron chi connectivity index (χ1n) is 5.75. The molecule has 1 amide bonds. The fourth-order valence-electron chi connectivity index (χ4n) is 1.63. The lowest BCUT2D eigenvalue weighted by Gasteiger charge is -2.05. The zero-order chi connectivity index (χ0) is 15.7. The molecule has 1 aromatic heterocycles. The van der Waals surface area contributed by atoms with E-state index >= 15 is 0 Å². The van der Waals surface area contributed by atoms with Gasteiger partial charge in [0.2, 0.25) is 0 Å². The number of non-ortho nitro benzene ring substituents is 1. The van der Waals surface area contributed by atoms with Gasteiger partial charge in [-0.15, -0.1) is 0 Å². The van der Waals surface area contributed by atoms with Crippen LogP contribution in [0.1, 0.15) is 16.2 Å². The first-order valence-corrected chi connectivity index (χ1v) is 6.92. The van der Waals surface area contributed by atoms with Crippen LogP contribution in [0.5, 0.6) is 0 Å².